The van der Waals surface area contributed by atoms with Crippen molar-refractivity contribution in [2.75, 3.05) is 27.3 Å². The van der Waals surface area contributed by atoms with E-state index in [1.54, 1.807) is 13.2 Å². The van der Waals surface area contributed by atoms with E-state index in [4.69, 9.17) is 14.2 Å². The molecule has 0 aliphatic carbocycles. The number of fused-ring (bicyclic) bond motifs is 5. The lowest BCUT2D eigenvalue weighted by molar-refractivity contribution is -0.0490. The summed E-state index contributed by atoms with van der Waals surface area (Å²) in [6.45, 7) is 2.23. The van der Waals surface area contributed by atoms with Gasteiger partial charge in [-0.05, 0) is 30.5 Å². The molecule has 0 spiro atoms. The highest BCUT2D eigenvalue weighted by molar-refractivity contribution is 5.98. The van der Waals surface area contributed by atoms with Gasteiger partial charge in [-0.15, -0.1) is 0 Å². The van der Waals surface area contributed by atoms with Crippen molar-refractivity contribution in [1.82, 2.24) is 9.47 Å². The van der Waals surface area contributed by atoms with E-state index in [1.807, 2.05) is 28.8 Å². The van der Waals surface area contributed by atoms with Crippen LogP contribution in [0.5, 0.6) is 11.5 Å². The number of benzene rings is 1. The third kappa shape index (κ3) is 2.46. The fourth-order valence-electron chi connectivity index (χ4n) is 4.98. The van der Waals surface area contributed by atoms with Crippen LogP contribution in [0.2, 0.25) is 0 Å². The number of methoxy groups -OCH3 is 2. The summed E-state index contributed by atoms with van der Waals surface area (Å²) in [5, 5.41) is 0. The van der Waals surface area contributed by atoms with Gasteiger partial charge in [-0.2, -0.15) is 0 Å². The molecule has 1 fully saturated rings. The number of piperidine rings is 1. The zero-order valence-electron chi connectivity index (χ0n) is 15.9. The Morgan fingerprint density at radius 1 is 1.04 bits per heavy atom. The van der Waals surface area contributed by atoms with Gasteiger partial charge in [0.1, 0.15) is 5.56 Å². The highest BCUT2D eigenvalue weighted by Crippen LogP contribution is 2.46. The van der Waals surface area contributed by atoms with Crippen molar-refractivity contribution < 1.29 is 19.0 Å². The molecular formula is C21H22N2O5. The molecule has 146 valence electrons. The second-order valence-electron chi connectivity index (χ2n) is 7.68. The monoisotopic (exact) mass is 382 g/mol. The van der Waals surface area contributed by atoms with Crippen LogP contribution in [0.25, 0.3) is 0 Å². The fraction of sp³-hybridized carbons (Fsp3) is 0.429. The summed E-state index contributed by atoms with van der Waals surface area (Å²) >= 11 is 0. The van der Waals surface area contributed by atoms with E-state index in [0.29, 0.717) is 29.5 Å². The Hall–Kier alpha value is -2.80. The van der Waals surface area contributed by atoms with Crippen molar-refractivity contribution in [2.24, 2.45) is 5.92 Å². The van der Waals surface area contributed by atoms with Crippen LogP contribution in [0.3, 0.4) is 0 Å². The van der Waals surface area contributed by atoms with Crippen molar-refractivity contribution >= 4 is 5.97 Å². The maximum absolute atomic E-state index is 12.6. The number of ether oxygens (including phenoxy) is 3. The van der Waals surface area contributed by atoms with Crippen LogP contribution in [0.4, 0.5) is 0 Å². The Morgan fingerprint density at radius 3 is 2.68 bits per heavy atom. The number of hydrogen-bond acceptors (Lipinski definition) is 6. The summed E-state index contributed by atoms with van der Waals surface area (Å²) in [7, 11) is 3.08. The third-order valence-electron chi connectivity index (χ3n) is 6.11. The van der Waals surface area contributed by atoms with Gasteiger partial charge in [0, 0.05) is 42.9 Å². The summed E-state index contributed by atoms with van der Waals surface area (Å²) in [6, 6.07) is 9.18. The smallest absolute Gasteiger partial charge is 0.344 e. The third-order valence-corrected chi connectivity index (χ3v) is 6.11. The predicted molar refractivity (Wildman–Crippen MR) is 101 cm³/mol. The molecule has 0 unspecified atom stereocenters. The van der Waals surface area contributed by atoms with Crippen LogP contribution in [0.1, 0.15) is 40.2 Å². The fourth-order valence-corrected chi connectivity index (χ4v) is 4.98. The van der Waals surface area contributed by atoms with Crippen LogP contribution in [-0.2, 0) is 11.3 Å². The van der Waals surface area contributed by atoms with Gasteiger partial charge in [-0.1, -0.05) is 6.07 Å². The van der Waals surface area contributed by atoms with Crippen molar-refractivity contribution in [3.8, 4) is 11.5 Å². The number of esters is 1. The van der Waals surface area contributed by atoms with Crippen LogP contribution in [0, 0.1) is 5.92 Å². The molecule has 0 N–H and O–H groups in total. The summed E-state index contributed by atoms with van der Waals surface area (Å²) in [5.74, 6) is 1.16. The number of pyridine rings is 1. The van der Waals surface area contributed by atoms with Gasteiger partial charge in [0.05, 0.1) is 14.2 Å². The SMILES string of the molecule is COc1ccc2c(c1OC)C(=O)O[C@@H]2N1C[C@H]2C[C@@H](C1)c1cccc(=O)n1C2. The summed E-state index contributed by atoms with van der Waals surface area (Å²) < 4.78 is 18.4. The molecule has 28 heavy (non-hydrogen) atoms. The Morgan fingerprint density at radius 2 is 1.89 bits per heavy atom. The van der Waals surface area contributed by atoms with E-state index in [2.05, 4.69) is 4.90 Å². The number of cyclic esters (lactones) is 1. The maximum atomic E-state index is 12.6. The van der Waals surface area contributed by atoms with Crippen molar-refractivity contribution in [3.05, 3.63) is 57.5 Å². The zero-order chi connectivity index (χ0) is 19.4. The zero-order valence-corrected chi connectivity index (χ0v) is 15.9. The molecule has 1 saturated heterocycles. The Bertz CT molecular complexity index is 1010. The van der Waals surface area contributed by atoms with E-state index < -0.39 is 6.23 Å². The molecule has 7 nitrogen and oxygen atoms in total. The van der Waals surface area contributed by atoms with Crippen molar-refractivity contribution in [2.45, 2.75) is 25.1 Å². The number of likely N-dealkylation sites (tertiary alicyclic amines) is 1. The molecule has 5 rings (SSSR count). The largest absolute Gasteiger partial charge is 0.493 e. The summed E-state index contributed by atoms with van der Waals surface area (Å²) in [5.41, 5.74) is 2.40. The van der Waals surface area contributed by atoms with Gasteiger partial charge in [0.15, 0.2) is 17.7 Å². The van der Waals surface area contributed by atoms with E-state index in [0.717, 1.165) is 30.8 Å². The first-order valence-corrected chi connectivity index (χ1v) is 9.50. The number of rotatable bonds is 3. The Kier molecular flexibility index (Phi) is 3.94. The lowest BCUT2D eigenvalue weighted by Crippen LogP contribution is -2.48. The van der Waals surface area contributed by atoms with Gasteiger partial charge in [-0.25, -0.2) is 4.79 Å². The average molecular weight is 382 g/mol. The molecule has 3 aliphatic heterocycles. The lowest BCUT2D eigenvalue weighted by Gasteiger charge is -2.44. The highest BCUT2D eigenvalue weighted by atomic mass is 16.6. The van der Waals surface area contributed by atoms with Crippen LogP contribution < -0.4 is 15.0 Å². The Balaban J connectivity index is 1.50. The molecule has 0 saturated carbocycles. The second kappa shape index (κ2) is 6.38. The van der Waals surface area contributed by atoms with E-state index in [1.165, 1.54) is 7.11 Å². The Labute approximate surface area is 162 Å². The van der Waals surface area contributed by atoms with Crippen molar-refractivity contribution in [1.29, 1.82) is 0 Å². The van der Waals surface area contributed by atoms with Gasteiger partial charge < -0.3 is 18.8 Å². The first kappa shape index (κ1) is 17.3. The van der Waals surface area contributed by atoms with E-state index >= 15 is 0 Å². The minimum Gasteiger partial charge on any atom is -0.493 e. The number of nitrogens with zero attached hydrogens (tertiary/aromatic N) is 2. The normalized spacial score (nSPS) is 25.6. The molecule has 2 aromatic rings. The quantitative estimate of drug-likeness (QED) is 0.758. The summed E-state index contributed by atoms with van der Waals surface area (Å²) in [6.07, 6.45) is 0.619. The number of hydrogen-bond donors (Lipinski definition) is 0. The van der Waals surface area contributed by atoms with Gasteiger partial charge in [0.25, 0.3) is 5.56 Å². The minimum atomic E-state index is -0.436. The minimum absolute atomic E-state index is 0.0649. The molecule has 4 heterocycles. The average Bonchev–Trinajstić information content (AvgIpc) is 3.05. The molecule has 3 aliphatic rings. The second-order valence-corrected chi connectivity index (χ2v) is 7.68. The van der Waals surface area contributed by atoms with E-state index in [9.17, 15) is 9.59 Å². The van der Waals surface area contributed by atoms with Crippen LogP contribution in [-0.4, -0.2) is 42.7 Å². The predicted octanol–water partition coefficient (Wildman–Crippen LogP) is 2.15. The maximum Gasteiger partial charge on any atom is 0.344 e. The van der Waals surface area contributed by atoms with E-state index in [-0.39, 0.29) is 17.4 Å². The number of carbonyl (C=O) groups excluding carboxylic acids is 1. The number of aromatic nitrogens is 1. The summed E-state index contributed by atoms with van der Waals surface area (Å²) in [4.78, 5) is 27.1. The molecule has 0 amide bonds. The first-order chi connectivity index (χ1) is 13.6. The number of carbonyl (C=O) groups is 1. The molecule has 1 aromatic heterocycles. The highest BCUT2D eigenvalue weighted by Gasteiger charge is 2.43. The first-order valence-electron chi connectivity index (χ1n) is 9.50. The lowest BCUT2D eigenvalue weighted by atomic mass is 9.83. The van der Waals surface area contributed by atoms with Crippen LogP contribution in [0.15, 0.2) is 35.1 Å². The molecule has 0 radical (unpaired) electrons. The van der Waals surface area contributed by atoms with Gasteiger partial charge in [0.2, 0.25) is 0 Å². The van der Waals surface area contributed by atoms with Crippen molar-refractivity contribution in [3.63, 3.8) is 0 Å². The molecular weight excluding hydrogens is 360 g/mol. The topological polar surface area (TPSA) is 70.0 Å². The molecule has 1 aromatic carbocycles. The van der Waals surface area contributed by atoms with Crippen LogP contribution >= 0.6 is 0 Å². The molecule has 2 bridgehead atoms. The van der Waals surface area contributed by atoms with Gasteiger partial charge in [-0.3, -0.25) is 9.69 Å². The van der Waals surface area contributed by atoms with Gasteiger partial charge >= 0.3 is 5.97 Å². The molecule has 7 heteroatoms. The standard InChI is InChI=1S/C21H22N2O5/c1-26-16-7-6-14-18(19(16)27-2)21(25)28-20(14)22-9-12-8-13(11-22)15-4-3-5-17(24)23(15)10-12/h3-7,12-13,20H,8-11H2,1-2H3/t12-,13+,20+/m1/s1. The molecule has 3 atom stereocenters.